The molecule has 12 heteroatoms. The Morgan fingerprint density at radius 3 is 2.31 bits per heavy atom. The van der Waals surface area contributed by atoms with E-state index >= 15 is 0 Å². The number of rotatable bonds is 6. The van der Waals surface area contributed by atoms with Gasteiger partial charge in [-0.15, -0.1) is 0 Å². The average Bonchev–Trinajstić information content (AvgIpc) is 3.20. The minimum atomic E-state index is -1.55. The first-order valence-corrected chi connectivity index (χ1v) is 10.8. The standard InChI is InChI=1S/C22H21BF2N6O3.CH4/c24-16-2-1-3-17(25)19(16)29-22-28-18-12-26-21(27-14-6-4-13(5-7-14)23(32)33)30-20(18)31(22)15-8-10-34-11-9-15;/h1-7,12,15,32-33H,8-11H2,(H,28,29)(H,26,27,30);1H4. The lowest BCUT2D eigenvalue weighted by molar-refractivity contribution is 0.0710. The van der Waals surface area contributed by atoms with Crippen molar-refractivity contribution in [1.82, 2.24) is 19.5 Å². The highest BCUT2D eigenvalue weighted by Crippen LogP contribution is 2.32. The summed E-state index contributed by atoms with van der Waals surface area (Å²) in [6.45, 7) is 1.11. The van der Waals surface area contributed by atoms with Gasteiger partial charge in [-0.25, -0.2) is 18.7 Å². The zero-order valence-electron chi connectivity index (χ0n) is 17.9. The molecule has 9 nitrogen and oxygen atoms in total. The Labute approximate surface area is 201 Å². The fourth-order valence-electron chi connectivity index (χ4n) is 3.93. The number of anilines is 4. The maximum atomic E-state index is 14.3. The van der Waals surface area contributed by atoms with Gasteiger partial charge in [0.15, 0.2) is 5.65 Å². The topological polar surface area (TPSA) is 117 Å². The van der Waals surface area contributed by atoms with Crippen LogP contribution in [0.5, 0.6) is 0 Å². The van der Waals surface area contributed by atoms with Gasteiger partial charge in [-0.3, -0.25) is 4.57 Å². The number of nitrogens with one attached hydrogen (secondary N) is 2. The number of aromatic nitrogens is 4. The van der Waals surface area contributed by atoms with Crippen LogP contribution >= 0.6 is 0 Å². The summed E-state index contributed by atoms with van der Waals surface area (Å²) in [6.07, 6.45) is 2.92. The molecule has 3 heterocycles. The van der Waals surface area contributed by atoms with Crippen LogP contribution < -0.4 is 16.1 Å². The Kier molecular flexibility index (Phi) is 7.24. The van der Waals surface area contributed by atoms with Crippen LogP contribution in [0.1, 0.15) is 26.3 Å². The molecule has 1 aliphatic rings. The van der Waals surface area contributed by atoms with Crippen LogP contribution in [-0.4, -0.2) is 49.9 Å². The van der Waals surface area contributed by atoms with Gasteiger partial charge in [-0.05, 0) is 42.6 Å². The Balaban J connectivity index is 0.00000289. The molecule has 35 heavy (non-hydrogen) atoms. The summed E-state index contributed by atoms with van der Waals surface area (Å²) in [7, 11) is -1.55. The fourth-order valence-corrected chi connectivity index (χ4v) is 3.93. The average molecular weight is 482 g/mol. The van der Waals surface area contributed by atoms with Crippen LogP contribution in [0, 0.1) is 11.6 Å². The number of para-hydroxylation sites is 1. The zero-order chi connectivity index (χ0) is 23.7. The molecule has 2 aromatic carbocycles. The number of imidazole rings is 1. The molecular weight excluding hydrogens is 457 g/mol. The van der Waals surface area contributed by atoms with Gasteiger partial charge in [0, 0.05) is 24.9 Å². The summed E-state index contributed by atoms with van der Waals surface area (Å²) in [6, 6.07) is 10.1. The largest absolute Gasteiger partial charge is 0.488 e. The molecule has 0 atom stereocenters. The van der Waals surface area contributed by atoms with Crippen molar-refractivity contribution in [3.8, 4) is 0 Å². The van der Waals surface area contributed by atoms with Gasteiger partial charge >= 0.3 is 7.12 Å². The molecule has 1 aliphatic heterocycles. The first-order chi connectivity index (χ1) is 16.5. The van der Waals surface area contributed by atoms with Crippen LogP contribution in [0.2, 0.25) is 0 Å². The molecule has 2 aromatic heterocycles. The van der Waals surface area contributed by atoms with E-state index in [1.165, 1.54) is 24.4 Å². The Hall–Kier alpha value is -3.61. The van der Waals surface area contributed by atoms with E-state index in [0.717, 1.165) is 0 Å². The lowest BCUT2D eigenvalue weighted by atomic mass is 9.80. The molecule has 1 fully saturated rings. The van der Waals surface area contributed by atoms with E-state index in [1.807, 2.05) is 4.57 Å². The summed E-state index contributed by atoms with van der Waals surface area (Å²) >= 11 is 0. The normalized spacial score (nSPS) is 13.9. The number of ether oxygens (including phenoxy) is 1. The third kappa shape index (κ3) is 5.09. The monoisotopic (exact) mass is 482 g/mol. The zero-order valence-corrected chi connectivity index (χ0v) is 17.9. The van der Waals surface area contributed by atoms with Crippen LogP contribution in [0.25, 0.3) is 11.2 Å². The van der Waals surface area contributed by atoms with Gasteiger partial charge in [0.1, 0.15) is 22.8 Å². The maximum Gasteiger partial charge on any atom is 0.488 e. The third-order valence-corrected chi connectivity index (χ3v) is 5.65. The Morgan fingerprint density at radius 2 is 1.66 bits per heavy atom. The van der Waals surface area contributed by atoms with Crippen LogP contribution in [0.3, 0.4) is 0 Å². The molecule has 4 aromatic rings. The van der Waals surface area contributed by atoms with Crippen molar-refractivity contribution in [3.05, 3.63) is 60.3 Å². The van der Waals surface area contributed by atoms with E-state index in [-0.39, 0.29) is 25.1 Å². The molecule has 1 saturated heterocycles. The van der Waals surface area contributed by atoms with Crippen molar-refractivity contribution in [3.63, 3.8) is 0 Å². The van der Waals surface area contributed by atoms with E-state index in [1.54, 1.807) is 24.3 Å². The smallest absolute Gasteiger partial charge is 0.423 e. The highest BCUT2D eigenvalue weighted by atomic mass is 19.1. The number of hydrogen-bond acceptors (Lipinski definition) is 8. The van der Waals surface area contributed by atoms with Crippen molar-refractivity contribution < 1.29 is 23.6 Å². The van der Waals surface area contributed by atoms with Gasteiger partial charge in [-0.1, -0.05) is 25.6 Å². The van der Waals surface area contributed by atoms with Gasteiger partial charge in [0.2, 0.25) is 11.9 Å². The van der Waals surface area contributed by atoms with E-state index in [4.69, 9.17) is 4.74 Å². The van der Waals surface area contributed by atoms with Crippen LogP contribution in [0.4, 0.5) is 32.1 Å². The van der Waals surface area contributed by atoms with E-state index in [9.17, 15) is 18.8 Å². The fraction of sp³-hybridized carbons (Fsp3) is 0.261. The van der Waals surface area contributed by atoms with Crippen molar-refractivity contribution in [2.24, 2.45) is 0 Å². The number of nitrogens with zero attached hydrogens (tertiary/aromatic N) is 4. The molecule has 0 saturated carbocycles. The van der Waals surface area contributed by atoms with E-state index in [0.29, 0.717) is 54.3 Å². The van der Waals surface area contributed by atoms with Crippen molar-refractivity contribution in [2.75, 3.05) is 23.8 Å². The van der Waals surface area contributed by atoms with Crippen LogP contribution in [-0.2, 0) is 4.74 Å². The third-order valence-electron chi connectivity index (χ3n) is 5.65. The SMILES string of the molecule is C.OB(O)c1ccc(Nc2ncc3nc(Nc4c(F)cccc4F)n(C4CCOCC4)c3n2)cc1. The molecule has 4 N–H and O–H groups in total. The second-order valence-electron chi connectivity index (χ2n) is 7.89. The maximum absolute atomic E-state index is 14.3. The van der Waals surface area contributed by atoms with E-state index in [2.05, 4.69) is 25.6 Å². The number of halogens is 2. The molecule has 5 rings (SSSR count). The lowest BCUT2D eigenvalue weighted by Gasteiger charge is -2.25. The number of hydrogen-bond donors (Lipinski definition) is 4. The molecule has 0 spiro atoms. The predicted octanol–water partition coefficient (Wildman–Crippen LogP) is 3.26. The first-order valence-electron chi connectivity index (χ1n) is 10.8. The minimum Gasteiger partial charge on any atom is -0.423 e. The summed E-state index contributed by atoms with van der Waals surface area (Å²) in [5.74, 6) is -0.897. The van der Waals surface area contributed by atoms with Crippen LogP contribution in [0.15, 0.2) is 48.7 Å². The second kappa shape index (κ2) is 10.3. The molecule has 0 amide bonds. The Bertz CT molecular complexity index is 1290. The van der Waals surface area contributed by atoms with Crippen molar-refractivity contribution >= 4 is 47.0 Å². The molecule has 0 unspecified atom stereocenters. The molecule has 0 aliphatic carbocycles. The quantitative estimate of drug-likeness (QED) is 0.310. The number of fused-ring (bicyclic) bond motifs is 1. The van der Waals surface area contributed by atoms with E-state index < -0.39 is 18.8 Å². The highest BCUT2D eigenvalue weighted by Gasteiger charge is 2.24. The molecule has 0 bridgehead atoms. The summed E-state index contributed by atoms with van der Waals surface area (Å²) in [5, 5.41) is 24.4. The first kappa shape index (κ1) is 24.5. The Morgan fingerprint density at radius 1 is 0.971 bits per heavy atom. The summed E-state index contributed by atoms with van der Waals surface area (Å²) < 4.78 is 36.0. The molecular formula is C23H25BF2N6O3. The van der Waals surface area contributed by atoms with Gasteiger partial charge < -0.3 is 25.4 Å². The minimum absolute atomic E-state index is 0. The molecule has 182 valence electrons. The summed E-state index contributed by atoms with van der Waals surface area (Å²) in [4.78, 5) is 13.4. The van der Waals surface area contributed by atoms with Gasteiger partial charge in [0.05, 0.1) is 6.20 Å². The van der Waals surface area contributed by atoms with Gasteiger partial charge in [-0.2, -0.15) is 4.98 Å². The van der Waals surface area contributed by atoms with Crippen molar-refractivity contribution in [1.29, 1.82) is 0 Å². The lowest BCUT2D eigenvalue weighted by Crippen LogP contribution is -2.29. The van der Waals surface area contributed by atoms with Gasteiger partial charge in [0.25, 0.3) is 0 Å². The predicted molar refractivity (Wildman–Crippen MR) is 130 cm³/mol. The number of benzene rings is 2. The summed E-state index contributed by atoms with van der Waals surface area (Å²) in [5.41, 5.74) is 1.69. The van der Waals surface area contributed by atoms with Crippen molar-refractivity contribution in [2.45, 2.75) is 26.3 Å². The highest BCUT2D eigenvalue weighted by molar-refractivity contribution is 6.58. The molecule has 0 radical (unpaired) electrons. The second-order valence-corrected chi connectivity index (χ2v) is 7.89.